The van der Waals surface area contributed by atoms with Gasteiger partial charge in [0.25, 0.3) is 0 Å². The van der Waals surface area contributed by atoms with Gasteiger partial charge in [-0.15, -0.1) is 10.2 Å². The van der Waals surface area contributed by atoms with Crippen molar-refractivity contribution in [3.8, 4) is 0 Å². The summed E-state index contributed by atoms with van der Waals surface area (Å²) in [5, 5.41) is 8.76. The maximum absolute atomic E-state index is 4.97. The molecule has 1 saturated heterocycles. The Hall–Kier alpha value is -1.67. The molecular formula is C21H33N7S. The molecule has 2 aromatic heterocycles. The average molecular weight is 416 g/mol. The standard InChI is InChI=1S/C21H33N7S/c1-21(2,3)19-24-17(16-6-4-7-16)14-18(25-19)28-11-9-27(10-12-28)8-5-13-29-20-22-15-23-26-20/h14-16H,4-13H2,1-3H3,(H,22,23,26). The summed E-state index contributed by atoms with van der Waals surface area (Å²) in [7, 11) is 0. The molecule has 0 aromatic carbocycles. The van der Waals surface area contributed by atoms with E-state index >= 15 is 0 Å². The van der Waals surface area contributed by atoms with Crippen molar-refractivity contribution in [3.05, 3.63) is 23.9 Å². The first-order valence-electron chi connectivity index (χ1n) is 10.8. The fraction of sp³-hybridized carbons (Fsp3) is 0.714. The molecule has 0 amide bonds. The molecule has 3 heterocycles. The fourth-order valence-electron chi connectivity index (χ4n) is 3.79. The van der Waals surface area contributed by atoms with Gasteiger partial charge in [0.15, 0.2) is 5.16 Å². The van der Waals surface area contributed by atoms with Gasteiger partial charge < -0.3 is 9.88 Å². The molecule has 0 bridgehead atoms. The summed E-state index contributed by atoms with van der Waals surface area (Å²) in [6, 6.07) is 2.27. The van der Waals surface area contributed by atoms with Crippen LogP contribution in [0, 0.1) is 0 Å². The number of nitrogens with one attached hydrogen (secondary N) is 1. The Morgan fingerprint density at radius 1 is 1.14 bits per heavy atom. The number of nitrogens with zero attached hydrogens (tertiary/aromatic N) is 6. The van der Waals surface area contributed by atoms with Crippen molar-refractivity contribution in [2.75, 3.05) is 43.4 Å². The van der Waals surface area contributed by atoms with Crippen molar-refractivity contribution in [1.82, 2.24) is 30.0 Å². The maximum Gasteiger partial charge on any atom is 0.188 e. The fourth-order valence-corrected chi connectivity index (χ4v) is 4.49. The summed E-state index contributed by atoms with van der Waals surface area (Å²) in [6.07, 6.45) is 6.69. The second kappa shape index (κ2) is 9.00. The number of thioether (sulfide) groups is 1. The molecule has 2 fully saturated rings. The van der Waals surface area contributed by atoms with Gasteiger partial charge >= 0.3 is 0 Å². The summed E-state index contributed by atoms with van der Waals surface area (Å²) in [5.74, 6) is 3.83. The van der Waals surface area contributed by atoms with Gasteiger partial charge in [-0.3, -0.25) is 4.90 Å². The third kappa shape index (κ3) is 5.28. The smallest absolute Gasteiger partial charge is 0.188 e. The van der Waals surface area contributed by atoms with Crippen LogP contribution in [0.2, 0.25) is 0 Å². The predicted molar refractivity (Wildman–Crippen MR) is 118 cm³/mol. The molecule has 158 valence electrons. The highest BCUT2D eigenvalue weighted by molar-refractivity contribution is 7.99. The first-order valence-corrected chi connectivity index (χ1v) is 11.8. The minimum Gasteiger partial charge on any atom is -0.354 e. The van der Waals surface area contributed by atoms with Crippen LogP contribution in [0.4, 0.5) is 5.82 Å². The van der Waals surface area contributed by atoms with E-state index in [1.807, 2.05) is 0 Å². The molecule has 8 heteroatoms. The minimum absolute atomic E-state index is 0.0164. The van der Waals surface area contributed by atoms with Crippen molar-refractivity contribution in [2.45, 2.75) is 62.9 Å². The quantitative estimate of drug-likeness (QED) is 0.548. The van der Waals surface area contributed by atoms with E-state index in [9.17, 15) is 0 Å². The van der Waals surface area contributed by atoms with E-state index in [4.69, 9.17) is 9.97 Å². The van der Waals surface area contributed by atoms with Gasteiger partial charge in [0.2, 0.25) is 0 Å². The van der Waals surface area contributed by atoms with Gasteiger partial charge in [0.05, 0.1) is 0 Å². The summed E-state index contributed by atoms with van der Waals surface area (Å²) in [5.41, 5.74) is 1.25. The van der Waals surface area contributed by atoms with Gasteiger partial charge in [0.1, 0.15) is 18.0 Å². The number of H-pyrrole nitrogens is 1. The predicted octanol–water partition coefficient (Wildman–Crippen LogP) is 3.46. The van der Waals surface area contributed by atoms with E-state index < -0.39 is 0 Å². The number of aromatic nitrogens is 5. The average Bonchev–Trinajstić information content (AvgIpc) is 3.17. The van der Waals surface area contributed by atoms with E-state index in [1.165, 1.54) is 31.4 Å². The number of piperazine rings is 1. The number of aromatic amines is 1. The molecule has 4 rings (SSSR count). The maximum atomic E-state index is 4.97. The number of hydrogen-bond donors (Lipinski definition) is 1. The molecule has 7 nitrogen and oxygen atoms in total. The van der Waals surface area contributed by atoms with Crippen LogP contribution in [0.15, 0.2) is 17.6 Å². The van der Waals surface area contributed by atoms with E-state index in [1.54, 1.807) is 18.1 Å². The largest absolute Gasteiger partial charge is 0.354 e. The zero-order valence-corrected chi connectivity index (χ0v) is 18.7. The number of rotatable bonds is 7. The topological polar surface area (TPSA) is 73.8 Å². The molecule has 29 heavy (non-hydrogen) atoms. The van der Waals surface area contributed by atoms with Crippen LogP contribution in [0.3, 0.4) is 0 Å². The molecule has 0 spiro atoms. The van der Waals surface area contributed by atoms with E-state index in [0.717, 1.165) is 55.3 Å². The molecule has 1 N–H and O–H groups in total. The first-order chi connectivity index (χ1) is 14.0. The Kier molecular flexibility index (Phi) is 6.39. The molecule has 1 aliphatic carbocycles. The molecule has 2 aliphatic rings. The lowest BCUT2D eigenvalue weighted by atomic mass is 9.82. The van der Waals surface area contributed by atoms with E-state index in [0.29, 0.717) is 5.92 Å². The highest BCUT2D eigenvalue weighted by Crippen LogP contribution is 2.37. The molecule has 0 atom stereocenters. The van der Waals surface area contributed by atoms with Gasteiger partial charge in [-0.2, -0.15) is 0 Å². The van der Waals surface area contributed by atoms with Crippen molar-refractivity contribution in [3.63, 3.8) is 0 Å². The van der Waals surface area contributed by atoms with Crippen LogP contribution in [-0.2, 0) is 5.41 Å². The lowest BCUT2D eigenvalue weighted by Gasteiger charge is -2.36. The van der Waals surface area contributed by atoms with E-state index in [-0.39, 0.29) is 5.41 Å². The lowest BCUT2D eigenvalue weighted by Crippen LogP contribution is -2.47. The first kappa shape index (κ1) is 20.6. The third-order valence-corrected chi connectivity index (χ3v) is 6.84. The van der Waals surface area contributed by atoms with Crippen molar-refractivity contribution < 1.29 is 0 Å². The normalized spacial score (nSPS) is 18.8. The van der Waals surface area contributed by atoms with Crippen LogP contribution in [0.5, 0.6) is 0 Å². The van der Waals surface area contributed by atoms with Gasteiger partial charge in [-0.25, -0.2) is 9.97 Å². The highest BCUT2D eigenvalue weighted by Gasteiger charge is 2.27. The zero-order chi connectivity index (χ0) is 20.3. The van der Waals surface area contributed by atoms with Gasteiger partial charge in [0, 0.05) is 55.0 Å². The summed E-state index contributed by atoms with van der Waals surface area (Å²) < 4.78 is 0. The summed E-state index contributed by atoms with van der Waals surface area (Å²) >= 11 is 1.75. The molecule has 0 unspecified atom stereocenters. The van der Waals surface area contributed by atoms with Crippen molar-refractivity contribution >= 4 is 17.6 Å². The molecule has 1 aliphatic heterocycles. The second-order valence-corrected chi connectivity index (χ2v) is 10.3. The van der Waals surface area contributed by atoms with Crippen LogP contribution in [0.1, 0.15) is 63.9 Å². The molecule has 1 saturated carbocycles. The Balaban J connectivity index is 1.31. The van der Waals surface area contributed by atoms with E-state index in [2.05, 4.69) is 51.8 Å². The number of anilines is 1. The van der Waals surface area contributed by atoms with Crippen LogP contribution < -0.4 is 4.90 Å². The SMILES string of the molecule is CC(C)(C)c1nc(C2CCC2)cc(N2CCN(CCCSc3nnc[nH]3)CC2)n1. The summed E-state index contributed by atoms with van der Waals surface area (Å²) in [4.78, 5) is 18.0. The zero-order valence-electron chi connectivity index (χ0n) is 17.9. The molecule has 2 aromatic rings. The van der Waals surface area contributed by atoms with Crippen molar-refractivity contribution in [2.24, 2.45) is 0 Å². The van der Waals surface area contributed by atoms with Crippen LogP contribution in [0.25, 0.3) is 0 Å². The molecular weight excluding hydrogens is 382 g/mol. The highest BCUT2D eigenvalue weighted by atomic mass is 32.2. The Morgan fingerprint density at radius 2 is 1.93 bits per heavy atom. The summed E-state index contributed by atoms with van der Waals surface area (Å²) in [6.45, 7) is 12.1. The second-order valence-electron chi connectivity index (χ2n) is 9.18. The number of hydrogen-bond acceptors (Lipinski definition) is 7. The Labute approximate surface area is 178 Å². The minimum atomic E-state index is -0.0164. The lowest BCUT2D eigenvalue weighted by molar-refractivity contribution is 0.258. The third-order valence-electron chi connectivity index (χ3n) is 5.87. The monoisotopic (exact) mass is 415 g/mol. The van der Waals surface area contributed by atoms with Crippen molar-refractivity contribution in [1.29, 1.82) is 0 Å². The van der Waals surface area contributed by atoms with Crippen LogP contribution in [-0.4, -0.2) is 68.5 Å². The van der Waals surface area contributed by atoms with Gasteiger partial charge in [-0.05, 0) is 25.8 Å². The molecule has 0 radical (unpaired) electrons. The van der Waals surface area contributed by atoms with Gasteiger partial charge in [-0.1, -0.05) is 39.0 Å². The Morgan fingerprint density at radius 3 is 2.55 bits per heavy atom. The Bertz CT molecular complexity index is 775. The van der Waals surface area contributed by atoms with Crippen LogP contribution >= 0.6 is 11.8 Å².